The molecule has 1 aliphatic heterocycles. The Balaban J connectivity index is 1.31. The molecule has 12 nitrogen and oxygen atoms in total. The van der Waals surface area contributed by atoms with E-state index >= 15 is 0 Å². The quantitative estimate of drug-likeness (QED) is 0.240. The van der Waals surface area contributed by atoms with Gasteiger partial charge < -0.3 is 26.2 Å². The largest absolute Gasteiger partial charge is 0.353 e. The lowest BCUT2D eigenvalue weighted by molar-refractivity contribution is -0.144. The van der Waals surface area contributed by atoms with Crippen LogP contribution in [0.4, 0.5) is 0 Å². The van der Waals surface area contributed by atoms with Crippen molar-refractivity contribution in [2.45, 2.75) is 134 Å². The van der Waals surface area contributed by atoms with Crippen molar-refractivity contribution in [2.24, 2.45) is 23.7 Å². The molecule has 3 saturated carbocycles. The number of likely N-dealkylation sites (tertiary alicyclic amines) is 1. The number of hydrogen-bond acceptors (Lipinski definition) is 7. The molecule has 0 bridgehead atoms. The minimum Gasteiger partial charge on any atom is -0.353 e. The van der Waals surface area contributed by atoms with Crippen LogP contribution in [0.2, 0.25) is 0 Å². The Labute approximate surface area is 278 Å². The smallest absolute Gasteiger partial charge is 0.272 e. The standard InChI is InChI=1S/C35H53N7O5/c1-4-9-25(18-28(43)38-24-14-15-24)39-34(46)31-26-13-8-12-23(26)20-42(31)35(47)29(21(2)3)40-33(45)30(22-10-6-5-7-11-22)41-32(44)27-19-36-16-17-37-27/h16-17,19,21-26,29-31H,4-15,18,20H2,1-3H3,(H,38,43)(H,39,46)(H,40,45)(H,41,44). The first kappa shape index (κ1) is 34.8. The number of carbonyl (C=O) groups excluding carboxylic acids is 5. The van der Waals surface area contributed by atoms with Gasteiger partial charge in [0.05, 0.1) is 6.20 Å². The van der Waals surface area contributed by atoms with E-state index in [2.05, 4.69) is 31.2 Å². The van der Waals surface area contributed by atoms with Crippen LogP contribution < -0.4 is 21.3 Å². The third-order valence-electron chi connectivity index (χ3n) is 10.5. The fraction of sp³-hybridized carbons (Fsp3) is 0.743. The Morgan fingerprint density at radius 3 is 2.34 bits per heavy atom. The molecule has 0 radical (unpaired) electrons. The summed E-state index contributed by atoms with van der Waals surface area (Å²) in [4.78, 5) is 77.9. The molecular weight excluding hydrogens is 598 g/mol. The summed E-state index contributed by atoms with van der Waals surface area (Å²) >= 11 is 0. The second kappa shape index (κ2) is 16.0. The summed E-state index contributed by atoms with van der Waals surface area (Å²) in [6, 6.07) is -2.40. The Morgan fingerprint density at radius 2 is 1.68 bits per heavy atom. The lowest BCUT2D eigenvalue weighted by Gasteiger charge is -2.35. The normalized spacial score (nSPS) is 24.6. The number of nitrogens with zero attached hydrogens (tertiary/aromatic N) is 3. The highest BCUT2D eigenvalue weighted by atomic mass is 16.2. The highest BCUT2D eigenvalue weighted by Gasteiger charge is 2.51. The van der Waals surface area contributed by atoms with Gasteiger partial charge in [-0.05, 0) is 68.6 Å². The van der Waals surface area contributed by atoms with E-state index in [0.717, 1.165) is 70.6 Å². The molecule has 1 saturated heterocycles. The Bertz CT molecular complexity index is 1270. The molecular formula is C35H53N7O5. The van der Waals surface area contributed by atoms with Crippen LogP contribution in [-0.4, -0.2) is 81.2 Å². The van der Waals surface area contributed by atoms with Gasteiger partial charge in [0.15, 0.2) is 0 Å². The molecule has 4 aliphatic rings. The second-order valence-corrected chi connectivity index (χ2v) is 14.5. The fourth-order valence-electron chi connectivity index (χ4n) is 7.90. The first-order valence-corrected chi connectivity index (χ1v) is 17.9. The first-order valence-electron chi connectivity index (χ1n) is 17.9. The van der Waals surface area contributed by atoms with E-state index in [9.17, 15) is 24.0 Å². The van der Waals surface area contributed by atoms with E-state index in [1.807, 2.05) is 20.8 Å². The zero-order chi connectivity index (χ0) is 33.5. The Kier molecular flexibility index (Phi) is 11.8. The Hall–Kier alpha value is -3.57. The summed E-state index contributed by atoms with van der Waals surface area (Å²) in [6.07, 6.45) is 15.5. The molecule has 5 amide bonds. The lowest BCUT2D eigenvalue weighted by Crippen LogP contribution is -2.60. The van der Waals surface area contributed by atoms with Crippen LogP contribution in [-0.2, 0) is 19.2 Å². The van der Waals surface area contributed by atoms with Crippen LogP contribution in [0, 0.1) is 23.7 Å². The molecule has 4 fully saturated rings. The van der Waals surface area contributed by atoms with Gasteiger partial charge in [0.1, 0.15) is 23.8 Å². The number of fused-ring (bicyclic) bond motifs is 1. The number of carbonyl (C=O) groups is 5. The van der Waals surface area contributed by atoms with Crippen molar-refractivity contribution in [1.29, 1.82) is 0 Å². The number of amides is 5. The predicted octanol–water partition coefficient (Wildman–Crippen LogP) is 2.88. The fourth-order valence-corrected chi connectivity index (χ4v) is 7.90. The van der Waals surface area contributed by atoms with Crippen molar-refractivity contribution in [3.8, 4) is 0 Å². The molecule has 258 valence electrons. The average molecular weight is 652 g/mol. The van der Waals surface area contributed by atoms with Gasteiger partial charge in [0.2, 0.25) is 23.6 Å². The van der Waals surface area contributed by atoms with Gasteiger partial charge in [-0.25, -0.2) is 4.98 Å². The van der Waals surface area contributed by atoms with Crippen LogP contribution >= 0.6 is 0 Å². The van der Waals surface area contributed by atoms with Gasteiger partial charge in [0, 0.05) is 37.4 Å². The summed E-state index contributed by atoms with van der Waals surface area (Å²) in [6.45, 7) is 6.27. The summed E-state index contributed by atoms with van der Waals surface area (Å²) in [5.74, 6) is -1.46. The summed E-state index contributed by atoms with van der Waals surface area (Å²) in [5, 5.41) is 12.1. The van der Waals surface area contributed by atoms with Crippen LogP contribution in [0.1, 0.15) is 115 Å². The lowest BCUT2D eigenvalue weighted by atomic mass is 9.83. The monoisotopic (exact) mass is 651 g/mol. The second-order valence-electron chi connectivity index (χ2n) is 14.5. The van der Waals surface area contributed by atoms with Crippen molar-refractivity contribution in [3.63, 3.8) is 0 Å². The molecule has 0 spiro atoms. The maximum absolute atomic E-state index is 14.4. The minimum absolute atomic E-state index is 0.0475. The molecule has 6 unspecified atom stereocenters. The van der Waals surface area contributed by atoms with Crippen molar-refractivity contribution in [2.75, 3.05) is 6.54 Å². The van der Waals surface area contributed by atoms with Gasteiger partial charge in [-0.1, -0.05) is 52.9 Å². The summed E-state index contributed by atoms with van der Waals surface area (Å²) in [5.41, 5.74) is 0.126. The molecule has 1 aromatic heterocycles. The van der Waals surface area contributed by atoms with Crippen LogP contribution in [0.15, 0.2) is 18.6 Å². The number of hydrogen-bond donors (Lipinski definition) is 4. The number of aromatic nitrogens is 2. The van der Waals surface area contributed by atoms with Crippen LogP contribution in [0.25, 0.3) is 0 Å². The van der Waals surface area contributed by atoms with Crippen molar-refractivity contribution in [1.82, 2.24) is 36.1 Å². The van der Waals surface area contributed by atoms with Gasteiger partial charge in [0.25, 0.3) is 5.91 Å². The van der Waals surface area contributed by atoms with E-state index in [1.54, 1.807) is 4.90 Å². The van der Waals surface area contributed by atoms with Gasteiger partial charge in [-0.2, -0.15) is 0 Å². The van der Waals surface area contributed by atoms with Crippen molar-refractivity contribution >= 4 is 29.5 Å². The molecule has 1 aromatic rings. The van der Waals surface area contributed by atoms with E-state index < -0.39 is 29.9 Å². The van der Waals surface area contributed by atoms with E-state index in [-0.39, 0.29) is 65.6 Å². The third-order valence-corrected chi connectivity index (χ3v) is 10.5. The zero-order valence-corrected chi connectivity index (χ0v) is 28.2. The van der Waals surface area contributed by atoms with E-state index in [4.69, 9.17) is 0 Å². The molecule has 2 heterocycles. The Morgan fingerprint density at radius 1 is 0.915 bits per heavy atom. The molecule has 47 heavy (non-hydrogen) atoms. The van der Waals surface area contributed by atoms with Crippen LogP contribution in [0.3, 0.4) is 0 Å². The molecule has 6 atom stereocenters. The van der Waals surface area contributed by atoms with Gasteiger partial charge >= 0.3 is 0 Å². The topological polar surface area (TPSA) is 162 Å². The van der Waals surface area contributed by atoms with Gasteiger partial charge in [-0.15, -0.1) is 0 Å². The average Bonchev–Trinajstić information content (AvgIpc) is 3.62. The maximum Gasteiger partial charge on any atom is 0.272 e. The molecule has 12 heteroatoms. The highest BCUT2D eigenvalue weighted by molar-refractivity contribution is 5.98. The van der Waals surface area contributed by atoms with Crippen LogP contribution in [0.5, 0.6) is 0 Å². The van der Waals surface area contributed by atoms with Crippen molar-refractivity contribution in [3.05, 3.63) is 24.3 Å². The van der Waals surface area contributed by atoms with E-state index in [1.165, 1.54) is 18.6 Å². The molecule has 4 N–H and O–H groups in total. The zero-order valence-electron chi connectivity index (χ0n) is 28.2. The maximum atomic E-state index is 14.4. The highest BCUT2D eigenvalue weighted by Crippen LogP contribution is 2.43. The number of nitrogens with one attached hydrogen (secondary N) is 4. The summed E-state index contributed by atoms with van der Waals surface area (Å²) < 4.78 is 0. The number of rotatable bonds is 14. The molecule has 0 aromatic carbocycles. The van der Waals surface area contributed by atoms with Crippen molar-refractivity contribution < 1.29 is 24.0 Å². The third kappa shape index (κ3) is 8.87. The predicted molar refractivity (Wildman–Crippen MR) is 176 cm³/mol. The van der Waals surface area contributed by atoms with E-state index in [0.29, 0.717) is 13.0 Å². The minimum atomic E-state index is -0.869. The first-order chi connectivity index (χ1) is 22.7. The molecule has 5 rings (SSSR count). The molecule has 3 aliphatic carbocycles. The SMILES string of the molecule is CCCC(CC(=O)NC1CC1)NC(=O)C1C2CCCC2CN1C(=O)C(NC(=O)C(NC(=O)c1cnccn1)C1CCCCC1)C(C)C. The van der Waals surface area contributed by atoms with Gasteiger partial charge in [-0.3, -0.25) is 29.0 Å². The summed E-state index contributed by atoms with van der Waals surface area (Å²) in [7, 11) is 0.